The van der Waals surface area contributed by atoms with Crippen molar-refractivity contribution in [3.8, 4) is 0 Å². The number of aromatic carboxylic acids is 1. The molecule has 19 heavy (non-hydrogen) atoms. The molecule has 0 aliphatic carbocycles. The Bertz CT molecular complexity index is 615. The Morgan fingerprint density at radius 2 is 2.21 bits per heavy atom. The quantitative estimate of drug-likeness (QED) is 0.900. The summed E-state index contributed by atoms with van der Waals surface area (Å²) in [6.07, 6.45) is 3.29. The van der Waals surface area contributed by atoms with Crippen molar-refractivity contribution < 1.29 is 14.7 Å². The van der Waals surface area contributed by atoms with Crippen molar-refractivity contribution in [1.29, 1.82) is 0 Å². The van der Waals surface area contributed by atoms with E-state index in [0.29, 0.717) is 11.3 Å². The third-order valence-electron chi connectivity index (χ3n) is 2.46. The van der Waals surface area contributed by atoms with Gasteiger partial charge in [-0.25, -0.2) is 4.79 Å². The third-order valence-corrected chi connectivity index (χ3v) is 3.38. The van der Waals surface area contributed by atoms with Gasteiger partial charge in [0.05, 0.1) is 17.4 Å². The van der Waals surface area contributed by atoms with E-state index < -0.39 is 5.97 Å². The molecule has 0 saturated carbocycles. The molecule has 2 aromatic rings. The average molecular weight is 279 g/mol. The topological polar surface area (TPSA) is 84.2 Å². The van der Waals surface area contributed by atoms with E-state index in [4.69, 9.17) is 5.11 Å². The van der Waals surface area contributed by atoms with E-state index >= 15 is 0 Å². The second-order valence-corrected chi connectivity index (χ2v) is 5.17. The van der Waals surface area contributed by atoms with Crippen LogP contribution in [-0.2, 0) is 0 Å². The predicted molar refractivity (Wildman–Crippen MR) is 71.8 cm³/mol. The van der Waals surface area contributed by atoms with E-state index in [1.54, 1.807) is 17.1 Å². The largest absolute Gasteiger partial charge is 0.477 e. The first-order chi connectivity index (χ1) is 8.97. The lowest BCUT2D eigenvalue weighted by Gasteiger charge is -2.03. The number of anilines is 1. The molecule has 0 bridgehead atoms. The van der Waals surface area contributed by atoms with Gasteiger partial charge in [-0.05, 0) is 19.9 Å². The number of carboxylic acid groups (broad SMARTS) is 1. The van der Waals surface area contributed by atoms with Gasteiger partial charge < -0.3 is 10.4 Å². The Balaban J connectivity index is 2.09. The molecule has 0 radical (unpaired) electrons. The normalized spacial score (nSPS) is 10.7. The first-order valence-corrected chi connectivity index (χ1v) is 6.52. The van der Waals surface area contributed by atoms with Crippen LogP contribution in [0.2, 0.25) is 0 Å². The highest BCUT2D eigenvalue weighted by Crippen LogP contribution is 2.17. The zero-order valence-electron chi connectivity index (χ0n) is 10.5. The number of thiophene rings is 1. The first-order valence-electron chi connectivity index (χ1n) is 5.64. The van der Waals surface area contributed by atoms with Crippen molar-refractivity contribution >= 4 is 28.9 Å². The Hall–Kier alpha value is -2.15. The highest BCUT2D eigenvalue weighted by molar-refractivity contribution is 7.12. The first kappa shape index (κ1) is 13.3. The van der Waals surface area contributed by atoms with Gasteiger partial charge in [0, 0.05) is 17.6 Å². The highest BCUT2D eigenvalue weighted by Gasteiger charge is 2.13. The van der Waals surface area contributed by atoms with Crippen LogP contribution in [0.25, 0.3) is 0 Å². The van der Waals surface area contributed by atoms with Gasteiger partial charge in [-0.15, -0.1) is 11.3 Å². The summed E-state index contributed by atoms with van der Waals surface area (Å²) in [4.78, 5) is 22.8. The summed E-state index contributed by atoms with van der Waals surface area (Å²) in [6, 6.07) is 1.57. The summed E-state index contributed by atoms with van der Waals surface area (Å²) in [5.41, 5.74) is 0.918. The smallest absolute Gasteiger partial charge is 0.345 e. The van der Waals surface area contributed by atoms with Crippen molar-refractivity contribution in [3.05, 3.63) is 34.3 Å². The molecule has 0 aliphatic heterocycles. The minimum absolute atomic E-state index is 0.142. The summed E-state index contributed by atoms with van der Waals surface area (Å²) in [5, 5.41) is 17.1. The molecular formula is C12H13N3O3S. The van der Waals surface area contributed by atoms with E-state index in [2.05, 4.69) is 10.4 Å². The molecule has 0 saturated heterocycles. The highest BCUT2D eigenvalue weighted by atomic mass is 32.1. The van der Waals surface area contributed by atoms with E-state index in [0.717, 1.165) is 11.3 Å². The van der Waals surface area contributed by atoms with Crippen molar-refractivity contribution in [3.63, 3.8) is 0 Å². The van der Waals surface area contributed by atoms with Crippen molar-refractivity contribution in [2.45, 2.75) is 19.9 Å². The van der Waals surface area contributed by atoms with Crippen LogP contribution in [0.5, 0.6) is 0 Å². The summed E-state index contributed by atoms with van der Waals surface area (Å²) in [7, 11) is 0. The van der Waals surface area contributed by atoms with E-state index in [1.165, 1.54) is 11.4 Å². The van der Waals surface area contributed by atoms with Crippen LogP contribution in [0, 0.1) is 0 Å². The van der Waals surface area contributed by atoms with Gasteiger partial charge in [0.25, 0.3) is 5.91 Å². The number of hydrogen-bond acceptors (Lipinski definition) is 4. The summed E-state index contributed by atoms with van der Waals surface area (Å²) in [6.45, 7) is 3.97. The van der Waals surface area contributed by atoms with Crippen LogP contribution in [0.1, 0.15) is 39.9 Å². The molecule has 2 heterocycles. The molecule has 1 amide bonds. The van der Waals surface area contributed by atoms with Crippen LogP contribution >= 0.6 is 11.3 Å². The van der Waals surface area contributed by atoms with Crippen molar-refractivity contribution in [2.24, 2.45) is 0 Å². The molecule has 0 spiro atoms. The molecule has 2 aromatic heterocycles. The second-order valence-electron chi connectivity index (χ2n) is 4.26. The molecule has 0 aromatic carbocycles. The lowest BCUT2D eigenvalue weighted by Crippen LogP contribution is -2.10. The predicted octanol–water partition coefficient (Wildman–Crippen LogP) is 2.48. The summed E-state index contributed by atoms with van der Waals surface area (Å²) in [5.74, 6) is -1.37. The lowest BCUT2D eigenvalue weighted by atomic mass is 10.3. The molecule has 0 atom stereocenters. The zero-order chi connectivity index (χ0) is 14.0. The lowest BCUT2D eigenvalue weighted by molar-refractivity contribution is 0.0702. The number of carbonyl (C=O) groups is 2. The number of carbonyl (C=O) groups excluding carboxylic acids is 1. The Labute approximate surface area is 113 Å². The summed E-state index contributed by atoms with van der Waals surface area (Å²) >= 11 is 1.03. The number of carboxylic acids is 1. The van der Waals surface area contributed by atoms with Gasteiger partial charge >= 0.3 is 5.97 Å². The van der Waals surface area contributed by atoms with Gasteiger partial charge in [-0.3, -0.25) is 9.48 Å². The number of aromatic nitrogens is 2. The Morgan fingerprint density at radius 1 is 1.47 bits per heavy atom. The van der Waals surface area contributed by atoms with Gasteiger partial charge in [0.15, 0.2) is 0 Å². The van der Waals surface area contributed by atoms with Crippen LogP contribution in [0.3, 0.4) is 0 Å². The number of amides is 1. The van der Waals surface area contributed by atoms with E-state index in [1.807, 2.05) is 13.8 Å². The van der Waals surface area contributed by atoms with Gasteiger partial charge in [0.1, 0.15) is 4.88 Å². The van der Waals surface area contributed by atoms with Crippen LogP contribution in [0.4, 0.5) is 5.69 Å². The van der Waals surface area contributed by atoms with E-state index in [9.17, 15) is 9.59 Å². The molecule has 6 nitrogen and oxygen atoms in total. The van der Waals surface area contributed by atoms with Gasteiger partial charge in [0.2, 0.25) is 0 Å². The fourth-order valence-corrected chi connectivity index (χ4v) is 2.18. The van der Waals surface area contributed by atoms with Crippen molar-refractivity contribution in [2.75, 3.05) is 5.32 Å². The maximum Gasteiger partial charge on any atom is 0.345 e. The van der Waals surface area contributed by atoms with Gasteiger partial charge in [-0.1, -0.05) is 0 Å². The van der Waals surface area contributed by atoms with E-state index in [-0.39, 0.29) is 16.8 Å². The van der Waals surface area contributed by atoms with Crippen LogP contribution in [-0.4, -0.2) is 26.8 Å². The number of nitrogens with one attached hydrogen (secondary N) is 1. The molecule has 7 heteroatoms. The van der Waals surface area contributed by atoms with Crippen LogP contribution < -0.4 is 5.32 Å². The Kier molecular flexibility index (Phi) is 3.66. The molecule has 2 N–H and O–H groups in total. The second kappa shape index (κ2) is 5.23. The van der Waals surface area contributed by atoms with Crippen molar-refractivity contribution in [1.82, 2.24) is 9.78 Å². The molecule has 0 unspecified atom stereocenters. The minimum atomic E-state index is -1.03. The Morgan fingerprint density at radius 3 is 2.74 bits per heavy atom. The molecule has 100 valence electrons. The number of hydrogen-bond donors (Lipinski definition) is 2. The SMILES string of the molecule is CC(C)n1cc(NC(=O)c2csc(C(=O)O)c2)cn1. The van der Waals surface area contributed by atoms with Gasteiger partial charge in [-0.2, -0.15) is 5.10 Å². The average Bonchev–Trinajstić information content (AvgIpc) is 2.96. The minimum Gasteiger partial charge on any atom is -0.477 e. The molecular weight excluding hydrogens is 266 g/mol. The zero-order valence-corrected chi connectivity index (χ0v) is 11.3. The maximum atomic E-state index is 11.9. The molecule has 0 aliphatic rings. The standard InChI is InChI=1S/C12H13N3O3S/c1-7(2)15-5-9(4-13-15)14-11(16)8-3-10(12(17)18)19-6-8/h3-7H,1-2H3,(H,14,16)(H,17,18). The maximum absolute atomic E-state index is 11.9. The fourth-order valence-electron chi connectivity index (χ4n) is 1.46. The fraction of sp³-hybridized carbons (Fsp3) is 0.250. The summed E-state index contributed by atoms with van der Waals surface area (Å²) < 4.78 is 1.73. The molecule has 0 fully saturated rings. The number of rotatable bonds is 4. The molecule has 2 rings (SSSR count). The monoisotopic (exact) mass is 279 g/mol. The third kappa shape index (κ3) is 3.00. The number of nitrogens with zero attached hydrogens (tertiary/aromatic N) is 2. The van der Waals surface area contributed by atoms with Crippen LogP contribution in [0.15, 0.2) is 23.8 Å².